The van der Waals surface area contributed by atoms with Gasteiger partial charge in [0.25, 0.3) is 0 Å². The van der Waals surface area contributed by atoms with Gasteiger partial charge in [0.05, 0.1) is 5.75 Å². The van der Waals surface area contributed by atoms with Crippen LogP contribution in [0.1, 0.15) is 0 Å². The van der Waals surface area contributed by atoms with Gasteiger partial charge in [-0.3, -0.25) is 0 Å². The molecule has 4 nitrogen and oxygen atoms in total. The molecule has 1 aromatic carbocycles. The number of rotatable bonds is 4. The summed E-state index contributed by atoms with van der Waals surface area (Å²) in [6.45, 7) is -0.320. The molecule has 0 aromatic heterocycles. The Balaban J connectivity index is 2.61. The number of halogens is 2. The van der Waals surface area contributed by atoms with Crippen molar-refractivity contribution in [3.8, 4) is 5.75 Å². The monoisotopic (exact) mass is 237 g/mol. The topological polar surface area (TPSA) is 69.4 Å². The number of ether oxygens (including phenoxy) is 1. The molecule has 0 aliphatic carbocycles. The maximum atomic E-state index is 12.9. The molecule has 0 aliphatic rings. The lowest BCUT2D eigenvalue weighted by atomic mass is 10.3. The van der Waals surface area contributed by atoms with Crippen LogP contribution in [0.5, 0.6) is 5.75 Å². The first kappa shape index (κ1) is 11.9. The van der Waals surface area contributed by atoms with Gasteiger partial charge < -0.3 is 4.74 Å². The van der Waals surface area contributed by atoms with E-state index in [2.05, 4.69) is 0 Å². The molecule has 7 heteroatoms. The van der Waals surface area contributed by atoms with Gasteiger partial charge in [0.2, 0.25) is 10.0 Å². The van der Waals surface area contributed by atoms with Gasteiger partial charge >= 0.3 is 0 Å². The van der Waals surface area contributed by atoms with Gasteiger partial charge in [0, 0.05) is 6.07 Å². The first-order valence-corrected chi connectivity index (χ1v) is 5.68. The van der Waals surface area contributed by atoms with Crippen LogP contribution < -0.4 is 9.88 Å². The van der Waals surface area contributed by atoms with E-state index in [4.69, 9.17) is 9.88 Å². The predicted octanol–water partition coefficient (Wildman–Crippen LogP) is 0.632. The van der Waals surface area contributed by atoms with E-state index in [9.17, 15) is 17.2 Å². The van der Waals surface area contributed by atoms with E-state index in [0.29, 0.717) is 0 Å². The van der Waals surface area contributed by atoms with Crippen LogP contribution in [-0.2, 0) is 10.0 Å². The number of primary sulfonamides is 1. The molecule has 0 heterocycles. The van der Waals surface area contributed by atoms with Crippen LogP contribution in [0, 0.1) is 11.6 Å². The largest absolute Gasteiger partial charge is 0.489 e. The Hall–Kier alpha value is -1.21. The highest BCUT2D eigenvalue weighted by Gasteiger charge is 2.07. The van der Waals surface area contributed by atoms with Crippen LogP contribution >= 0.6 is 0 Å². The van der Waals surface area contributed by atoms with E-state index < -0.39 is 27.4 Å². The van der Waals surface area contributed by atoms with Crippen molar-refractivity contribution < 1.29 is 21.9 Å². The van der Waals surface area contributed by atoms with E-state index >= 15 is 0 Å². The number of hydrogen-bond acceptors (Lipinski definition) is 3. The minimum absolute atomic E-state index is 0.320. The molecule has 0 spiro atoms. The fourth-order valence-corrected chi connectivity index (χ4v) is 1.17. The molecule has 0 fully saturated rings. The van der Waals surface area contributed by atoms with Gasteiger partial charge in [0.15, 0.2) is 11.6 Å². The third-order valence-electron chi connectivity index (χ3n) is 1.52. The second-order valence-corrected chi connectivity index (χ2v) is 4.52. The zero-order chi connectivity index (χ0) is 11.5. The number of benzene rings is 1. The lowest BCUT2D eigenvalue weighted by Crippen LogP contribution is -2.21. The Morgan fingerprint density at radius 3 is 2.60 bits per heavy atom. The Labute approximate surface area is 85.7 Å². The average Bonchev–Trinajstić information content (AvgIpc) is 2.09. The summed E-state index contributed by atoms with van der Waals surface area (Å²) in [5.41, 5.74) is 0. The van der Waals surface area contributed by atoms with Gasteiger partial charge in [-0.25, -0.2) is 22.3 Å². The molecule has 84 valence electrons. The summed E-state index contributed by atoms with van der Waals surface area (Å²) in [7, 11) is -3.66. The van der Waals surface area contributed by atoms with E-state index in [1.54, 1.807) is 0 Å². The Bertz CT molecular complexity index is 447. The molecule has 1 aromatic rings. The van der Waals surface area contributed by atoms with Crippen LogP contribution in [-0.4, -0.2) is 20.8 Å². The Morgan fingerprint density at radius 1 is 1.33 bits per heavy atom. The summed E-state index contributed by atoms with van der Waals surface area (Å²) >= 11 is 0. The third kappa shape index (κ3) is 4.22. The van der Waals surface area contributed by atoms with Crippen molar-refractivity contribution in [1.82, 2.24) is 0 Å². The standard InChI is InChI=1S/C8H9F2NO3S/c9-6-1-2-7(10)8(5-6)14-3-4-15(11,12)13/h1-2,5H,3-4H2,(H2,11,12,13). The van der Waals surface area contributed by atoms with Crippen molar-refractivity contribution in [3.63, 3.8) is 0 Å². The molecule has 0 radical (unpaired) electrons. The number of hydrogen-bond donors (Lipinski definition) is 1. The minimum Gasteiger partial charge on any atom is -0.489 e. The molecule has 0 amide bonds. The highest BCUT2D eigenvalue weighted by Crippen LogP contribution is 2.17. The summed E-state index contributed by atoms with van der Waals surface area (Å²) in [6.07, 6.45) is 0. The van der Waals surface area contributed by atoms with Crippen LogP contribution in [0.4, 0.5) is 8.78 Å². The lowest BCUT2D eigenvalue weighted by molar-refractivity contribution is 0.320. The summed E-state index contributed by atoms with van der Waals surface area (Å²) in [4.78, 5) is 0. The third-order valence-corrected chi connectivity index (χ3v) is 2.25. The van der Waals surface area contributed by atoms with Gasteiger partial charge in [-0.15, -0.1) is 0 Å². The maximum Gasteiger partial charge on any atom is 0.212 e. The van der Waals surface area contributed by atoms with Crippen LogP contribution in [0.25, 0.3) is 0 Å². The first-order chi connectivity index (χ1) is 6.88. The van der Waals surface area contributed by atoms with Crippen molar-refractivity contribution in [3.05, 3.63) is 29.8 Å². The highest BCUT2D eigenvalue weighted by atomic mass is 32.2. The molecular weight excluding hydrogens is 228 g/mol. The summed E-state index contributed by atoms with van der Waals surface area (Å²) < 4.78 is 51.3. The lowest BCUT2D eigenvalue weighted by Gasteiger charge is -2.05. The smallest absolute Gasteiger partial charge is 0.212 e. The normalized spacial score (nSPS) is 11.4. The zero-order valence-electron chi connectivity index (χ0n) is 7.61. The van der Waals surface area contributed by atoms with E-state index in [0.717, 1.165) is 18.2 Å². The van der Waals surface area contributed by atoms with Crippen molar-refractivity contribution in [2.75, 3.05) is 12.4 Å². The SMILES string of the molecule is NS(=O)(=O)CCOc1cc(F)ccc1F. The fraction of sp³-hybridized carbons (Fsp3) is 0.250. The second kappa shape index (κ2) is 4.54. The molecule has 0 bridgehead atoms. The predicted molar refractivity (Wildman–Crippen MR) is 49.8 cm³/mol. The molecule has 0 unspecified atom stereocenters. The molecular formula is C8H9F2NO3S. The van der Waals surface area contributed by atoms with Gasteiger partial charge in [-0.05, 0) is 12.1 Å². The first-order valence-electron chi connectivity index (χ1n) is 3.97. The van der Waals surface area contributed by atoms with Gasteiger partial charge in [-0.2, -0.15) is 0 Å². The number of sulfonamides is 1. The van der Waals surface area contributed by atoms with Gasteiger partial charge in [0.1, 0.15) is 12.4 Å². The highest BCUT2D eigenvalue weighted by molar-refractivity contribution is 7.89. The number of nitrogens with two attached hydrogens (primary N) is 1. The summed E-state index contributed by atoms with van der Waals surface area (Å²) in [5.74, 6) is -2.21. The molecule has 0 atom stereocenters. The van der Waals surface area contributed by atoms with E-state index in [1.165, 1.54) is 0 Å². The molecule has 1 rings (SSSR count). The van der Waals surface area contributed by atoms with E-state index in [-0.39, 0.29) is 12.4 Å². The van der Waals surface area contributed by atoms with Crippen molar-refractivity contribution in [2.45, 2.75) is 0 Å². The Morgan fingerprint density at radius 2 is 2.00 bits per heavy atom. The Kier molecular flexibility index (Phi) is 3.59. The van der Waals surface area contributed by atoms with E-state index in [1.807, 2.05) is 0 Å². The van der Waals surface area contributed by atoms with Crippen LogP contribution in [0.2, 0.25) is 0 Å². The molecule has 2 N–H and O–H groups in total. The zero-order valence-corrected chi connectivity index (χ0v) is 8.43. The quantitative estimate of drug-likeness (QED) is 0.835. The second-order valence-electron chi connectivity index (χ2n) is 2.79. The van der Waals surface area contributed by atoms with Crippen molar-refractivity contribution in [2.24, 2.45) is 5.14 Å². The molecule has 15 heavy (non-hydrogen) atoms. The molecule has 0 saturated carbocycles. The molecule has 0 saturated heterocycles. The molecule has 0 aliphatic heterocycles. The van der Waals surface area contributed by atoms with Crippen molar-refractivity contribution in [1.29, 1.82) is 0 Å². The average molecular weight is 237 g/mol. The summed E-state index contributed by atoms with van der Waals surface area (Å²) in [6, 6.07) is 2.65. The van der Waals surface area contributed by atoms with Crippen LogP contribution in [0.3, 0.4) is 0 Å². The van der Waals surface area contributed by atoms with Crippen molar-refractivity contribution >= 4 is 10.0 Å². The maximum absolute atomic E-state index is 12.9. The summed E-state index contributed by atoms with van der Waals surface area (Å²) in [5, 5.41) is 4.69. The van der Waals surface area contributed by atoms with Crippen LogP contribution in [0.15, 0.2) is 18.2 Å². The van der Waals surface area contributed by atoms with Gasteiger partial charge in [-0.1, -0.05) is 0 Å². The minimum atomic E-state index is -3.66. The fourth-order valence-electron chi connectivity index (χ4n) is 0.856.